The van der Waals surface area contributed by atoms with Crippen LogP contribution in [0.2, 0.25) is 0 Å². The molecular weight excluding hydrogens is 220 g/mol. The van der Waals surface area contributed by atoms with Crippen LogP contribution in [0.15, 0.2) is 24.3 Å². The zero-order valence-corrected chi connectivity index (χ0v) is 9.53. The van der Waals surface area contributed by atoms with Crippen molar-refractivity contribution in [1.29, 1.82) is 0 Å². The van der Waals surface area contributed by atoms with Crippen molar-refractivity contribution >= 4 is 11.8 Å². The third kappa shape index (κ3) is 2.55. The highest BCUT2D eigenvalue weighted by atomic mass is 16.5. The summed E-state index contributed by atoms with van der Waals surface area (Å²) < 4.78 is 5.33. The van der Waals surface area contributed by atoms with E-state index < -0.39 is 11.8 Å². The van der Waals surface area contributed by atoms with Crippen molar-refractivity contribution in [1.82, 2.24) is 10.6 Å². The lowest BCUT2D eigenvalue weighted by atomic mass is 10.1. The van der Waals surface area contributed by atoms with E-state index in [1.807, 2.05) is 31.2 Å². The maximum Gasteiger partial charge on any atom is 0.309 e. The van der Waals surface area contributed by atoms with Crippen molar-refractivity contribution in [2.45, 2.75) is 13.0 Å². The van der Waals surface area contributed by atoms with Crippen LogP contribution in [0.4, 0.5) is 0 Å². The molecule has 90 valence electrons. The molecule has 0 saturated carbocycles. The highest BCUT2D eigenvalue weighted by molar-refractivity contribution is 6.35. The quantitative estimate of drug-likeness (QED) is 0.743. The first kappa shape index (κ1) is 11.4. The number of piperazine rings is 1. The van der Waals surface area contributed by atoms with Crippen LogP contribution in [0.1, 0.15) is 18.5 Å². The van der Waals surface area contributed by atoms with Gasteiger partial charge in [0, 0.05) is 6.54 Å². The normalized spacial score (nSPS) is 19.5. The zero-order valence-electron chi connectivity index (χ0n) is 9.53. The number of rotatable bonds is 3. The van der Waals surface area contributed by atoms with Crippen molar-refractivity contribution in [3.8, 4) is 5.75 Å². The Bertz CT molecular complexity index is 428. The van der Waals surface area contributed by atoms with Gasteiger partial charge in [0.05, 0.1) is 12.6 Å². The molecule has 17 heavy (non-hydrogen) atoms. The Balaban J connectivity index is 2.07. The number of hydrogen-bond donors (Lipinski definition) is 2. The van der Waals surface area contributed by atoms with E-state index in [4.69, 9.17) is 4.74 Å². The average Bonchev–Trinajstić information content (AvgIpc) is 2.34. The predicted molar refractivity (Wildman–Crippen MR) is 61.5 cm³/mol. The minimum absolute atomic E-state index is 0.170. The highest BCUT2D eigenvalue weighted by Gasteiger charge is 2.25. The molecule has 1 saturated heterocycles. The molecule has 0 aliphatic carbocycles. The van der Waals surface area contributed by atoms with Crippen LogP contribution in [0.3, 0.4) is 0 Å². The Morgan fingerprint density at radius 3 is 2.53 bits per heavy atom. The second-order valence-electron chi connectivity index (χ2n) is 3.74. The summed E-state index contributed by atoms with van der Waals surface area (Å²) in [5, 5.41) is 5.18. The molecule has 1 unspecified atom stereocenters. The fraction of sp³-hybridized carbons (Fsp3) is 0.333. The second-order valence-corrected chi connectivity index (χ2v) is 3.74. The lowest BCUT2D eigenvalue weighted by molar-refractivity contribution is -0.141. The fourth-order valence-corrected chi connectivity index (χ4v) is 1.71. The molecule has 0 aromatic heterocycles. The number of nitrogens with one attached hydrogen (secondary N) is 2. The number of carbonyl (C=O) groups excluding carboxylic acids is 2. The molecule has 1 aliphatic heterocycles. The van der Waals surface area contributed by atoms with E-state index in [1.54, 1.807) is 0 Å². The number of carbonyl (C=O) groups is 2. The van der Waals surface area contributed by atoms with E-state index >= 15 is 0 Å². The smallest absolute Gasteiger partial charge is 0.309 e. The van der Waals surface area contributed by atoms with Gasteiger partial charge in [-0.3, -0.25) is 9.59 Å². The SMILES string of the molecule is CCOc1ccc(C2CNC(=O)C(=O)N2)cc1. The van der Waals surface area contributed by atoms with Gasteiger partial charge < -0.3 is 15.4 Å². The topological polar surface area (TPSA) is 67.4 Å². The lowest BCUT2D eigenvalue weighted by Gasteiger charge is -2.23. The zero-order chi connectivity index (χ0) is 12.3. The molecule has 2 N–H and O–H groups in total. The molecule has 2 rings (SSSR count). The third-order valence-corrected chi connectivity index (χ3v) is 2.57. The molecule has 2 amide bonds. The molecule has 1 heterocycles. The molecule has 0 spiro atoms. The van der Waals surface area contributed by atoms with Crippen LogP contribution in [-0.2, 0) is 9.59 Å². The van der Waals surface area contributed by atoms with E-state index in [0.717, 1.165) is 11.3 Å². The van der Waals surface area contributed by atoms with Crippen molar-refractivity contribution in [3.63, 3.8) is 0 Å². The fourth-order valence-electron chi connectivity index (χ4n) is 1.71. The summed E-state index contributed by atoms with van der Waals surface area (Å²) in [6.45, 7) is 2.96. The molecule has 1 aliphatic rings. The van der Waals surface area contributed by atoms with Crippen LogP contribution in [0.5, 0.6) is 5.75 Å². The van der Waals surface area contributed by atoms with Gasteiger partial charge in [0.25, 0.3) is 0 Å². The third-order valence-electron chi connectivity index (χ3n) is 2.57. The van der Waals surface area contributed by atoms with Crippen LogP contribution in [0, 0.1) is 0 Å². The molecule has 1 fully saturated rings. The minimum Gasteiger partial charge on any atom is -0.494 e. The molecule has 1 aromatic rings. The Morgan fingerprint density at radius 2 is 1.94 bits per heavy atom. The summed E-state index contributed by atoms with van der Waals surface area (Å²) in [6.07, 6.45) is 0. The maximum absolute atomic E-state index is 11.2. The van der Waals surface area contributed by atoms with Crippen LogP contribution >= 0.6 is 0 Å². The predicted octanol–water partition coefficient (Wildman–Crippen LogP) is 0.372. The van der Waals surface area contributed by atoms with E-state index in [9.17, 15) is 9.59 Å². The van der Waals surface area contributed by atoms with Crippen molar-refractivity contribution in [3.05, 3.63) is 29.8 Å². The summed E-state index contributed by atoms with van der Waals surface area (Å²) in [5.74, 6) is -0.371. The molecule has 5 heteroatoms. The van der Waals surface area contributed by atoms with Crippen molar-refractivity contribution < 1.29 is 14.3 Å². The molecule has 5 nitrogen and oxygen atoms in total. The van der Waals surface area contributed by atoms with Crippen molar-refractivity contribution in [2.75, 3.05) is 13.2 Å². The van der Waals surface area contributed by atoms with Crippen LogP contribution in [0.25, 0.3) is 0 Å². The maximum atomic E-state index is 11.2. The van der Waals surface area contributed by atoms with E-state index in [0.29, 0.717) is 13.2 Å². The number of ether oxygens (including phenoxy) is 1. The largest absolute Gasteiger partial charge is 0.494 e. The number of amides is 2. The highest BCUT2D eigenvalue weighted by Crippen LogP contribution is 2.18. The molecule has 0 bridgehead atoms. The standard InChI is InChI=1S/C12H14N2O3/c1-2-17-9-5-3-8(4-6-9)10-7-13-11(15)12(16)14-10/h3-6,10H,2,7H2,1H3,(H,13,15)(H,14,16). The van der Waals surface area contributed by atoms with Gasteiger partial charge in [0.2, 0.25) is 0 Å². The van der Waals surface area contributed by atoms with Gasteiger partial charge in [0.1, 0.15) is 5.75 Å². The van der Waals surface area contributed by atoms with Gasteiger partial charge in [-0.15, -0.1) is 0 Å². The Kier molecular flexibility index (Phi) is 3.27. The van der Waals surface area contributed by atoms with E-state index in [1.165, 1.54) is 0 Å². The second kappa shape index (κ2) is 4.86. The minimum atomic E-state index is -0.588. The van der Waals surface area contributed by atoms with Gasteiger partial charge in [-0.05, 0) is 24.6 Å². The summed E-state index contributed by atoms with van der Waals surface area (Å²) in [6, 6.07) is 7.29. The van der Waals surface area contributed by atoms with Gasteiger partial charge >= 0.3 is 11.8 Å². The van der Waals surface area contributed by atoms with Crippen LogP contribution in [-0.4, -0.2) is 25.0 Å². The molecule has 1 aromatic carbocycles. The Hall–Kier alpha value is -2.04. The van der Waals surface area contributed by atoms with Crippen LogP contribution < -0.4 is 15.4 Å². The summed E-state index contributed by atoms with van der Waals surface area (Å²) in [4.78, 5) is 22.2. The molecule has 1 atom stereocenters. The van der Waals surface area contributed by atoms with Gasteiger partial charge in [-0.25, -0.2) is 0 Å². The Morgan fingerprint density at radius 1 is 1.24 bits per heavy atom. The van der Waals surface area contributed by atoms with Gasteiger partial charge in [0.15, 0.2) is 0 Å². The Labute approximate surface area is 99.2 Å². The molecular formula is C12H14N2O3. The van der Waals surface area contributed by atoms with Gasteiger partial charge in [-0.2, -0.15) is 0 Å². The first-order valence-electron chi connectivity index (χ1n) is 5.52. The average molecular weight is 234 g/mol. The molecule has 0 radical (unpaired) electrons. The first-order valence-corrected chi connectivity index (χ1v) is 5.52. The van der Waals surface area contributed by atoms with Crippen molar-refractivity contribution in [2.24, 2.45) is 0 Å². The van der Waals surface area contributed by atoms with E-state index in [2.05, 4.69) is 10.6 Å². The summed E-state index contributed by atoms with van der Waals surface area (Å²) in [7, 11) is 0. The summed E-state index contributed by atoms with van der Waals surface area (Å²) >= 11 is 0. The summed E-state index contributed by atoms with van der Waals surface area (Å²) in [5.41, 5.74) is 0.946. The lowest BCUT2D eigenvalue weighted by Crippen LogP contribution is -2.51. The monoisotopic (exact) mass is 234 g/mol. The van der Waals surface area contributed by atoms with Gasteiger partial charge in [-0.1, -0.05) is 12.1 Å². The number of benzene rings is 1. The first-order chi connectivity index (χ1) is 8.20. The van der Waals surface area contributed by atoms with E-state index in [-0.39, 0.29) is 6.04 Å². The number of hydrogen-bond acceptors (Lipinski definition) is 3.